The predicted octanol–water partition coefficient (Wildman–Crippen LogP) is 1.91. The van der Waals surface area contributed by atoms with E-state index in [1.807, 2.05) is 30.3 Å². The second-order valence-corrected chi connectivity index (χ2v) is 4.35. The van der Waals surface area contributed by atoms with Crippen molar-refractivity contribution in [1.82, 2.24) is 5.32 Å². The van der Waals surface area contributed by atoms with E-state index in [9.17, 15) is 5.11 Å². The van der Waals surface area contributed by atoms with Gasteiger partial charge in [0.25, 0.3) is 0 Å². The summed E-state index contributed by atoms with van der Waals surface area (Å²) in [6.45, 7) is 3.29. The van der Waals surface area contributed by atoms with Crippen LogP contribution in [0.25, 0.3) is 0 Å². The Bertz CT molecular complexity index is 357. The van der Waals surface area contributed by atoms with E-state index in [0.717, 1.165) is 24.9 Å². The Morgan fingerprint density at radius 2 is 2.05 bits per heavy atom. The Morgan fingerprint density at radius 1 is 1.37 bits per heavy atom. The molecule has 4 nitrogen and oxygen atoms in total. The monoisotopic (exact) mass is 377 g/mol. The second-order valence-electron chi connectivity index (χ2n) is 4.35. The van der Waals surface area contributed by atoms with Crippen LogP contribution in [-0.4, -0.2) is 30.3 Å². The third-order valence-electron chi connectivity index (χ3n) is 2.62. The van der Waals surface area contributed by atoms with E-state index in [-0.39, 0.29) is 24.0 Å². The first-order valence-corrected chi connectivity index (χ1v) is 6.48. The topological polar surface area (TPSA) is 70.6 Å². The summed E-state index contributed by atoms with van der Waals surface area (Å²) < 4.78 is 0. The molecule has 0 aliphatic carbocycles. The number of rotatable bonds is 7. The Balaban J connectivity index is 0.00000324. The van der Waals surface area contributed by atoms with Gasteiger partial charge in [0.1, 0.15) is 0 Å². The summed E-state index contributed by atoms with van der Waals surface area (Å²) in [5.74, 6) is 0.413. The number of aliphatic hydroxyl groups excluding tert-OH is 1. The molecule has 0 aliphatic rings. The largest absolute Gasteiger partial charge is 0.391 e. The highest BCUT2D eigenvalue weighted by Crippen LogP contribution is 2.03. The van der Waals surface area contributed by atoms with Crippen LogP contribution in [0.5, 0.6) is 0 Å². The van der Waals surface area contributed by atoms with Crippen molar-refractivity contribution < 1.29 is 5.11 Å². The van der Waals surface area contributed by atoms with E-state index in [1.165, 1.54) is 0 Å². The van der Waals surface area contributed by atoms with Gasteiger partial charge in [-0.3, -0.25) is 4.99 Å². The zero-order valence-electron chi connectivity index (χ0n) is 11.4. The fourth-order valence-corrected chi connectivity index (χ4v) is 1.60. The van der Waals surface area contributed by atoms with Crippen LogP contribution in [-0.2, 0) is 6.42 Å². The molecule has 108 valence electrons. The fourth-order valence-electron chi connectivity index (χ4n) is 1.60. The molecule has 1 aromatic carbocycles. The van der Waals surface area contributed by atoms with E-state index in [4.69, 9.17) is 5.73 Å². The van der Waals surface area contributed by atoms with Gasteiger partial charge in [0.15, 0.2) is 5.96 Å². The Hall–Kier alpha value is -0.820. The lowest BCUT2D eigenvalue weighted by Gasteiger charge is -2.09. The quantitative estimate of drug-likeness (QED) is 0.294. The van der Waals surface area contributed by atoms with Gasteiger partial charge in [-0.2, -0.15) is 0 Å². The fraction of sp³-hybridized carbons (Fsp3) is 0.500. The summed E-state index contributed by atoms with van der Waals surface area (Å²) >= 11 is 0. The van der Waals surface area contributed by atoms with Gasteiger partial charge in [0, 0.05) is 13.0 Å². The molecular formula is C14H24IN3O. The van der Waals surface area contributed by atoms with Gasteiger partial charge < -0.3 is 16.2 Å². The van der Waals surface area contributed by atoms with E-state index in [1.54, 1.807) is 0 Å². The lowest BCUT2D eigenvalue weighted by Crippen LogP contribution is -2.33. The number of unbranched alkanes of at least 4 members (excludes halogenated alkanes) is 1. The maximum atomic E-state index is 9.83. The molecule has 1 unspecified atom stereocenters. The van der Waals surface area contributed by atoms with Crippen LogP contribution < -0.4 is 11.1 Å². The molecule has 0 saturated heterocycles. The second kappa shape index (κ2) is 11.0. The first kappa shape index (κ1) is 18.2. The van der Waals surface area contributed by atoms with Crippen molar-refractivity contribution in [1.29, 1.82) is 0 Å². The first-order valence-electron chi connectivity index (χ1n) is 6.48. The number of guanidine groups is 1. The standard InChI is InChI=1S/C14H23N3O.HI/c1-2-3-9-16-14(15)17-11-13(18)10-12-7-5-4-6-8-12;/h4-8,13,18H,2-3,9-11H2,1H3,(H3,15,16,17);1H. The summed E-state index contributed by atoms with van der Waals surface area (Å²) in [7, 11) is 0. The molecule has 5 heteroatoms. The van der Waals surface area contributed by atoms with Crippen LogP contribution in [0, 0.1) is 0 Å². The van der Waals surface area contributed by atoms with Crippen LogP contribution in [0.3, 0.4) is 0 Å². The summed E-state index contributed by atoms with van der Waals surface area (Å²) in [5, 5.41) is 12.9. The number of nitrogens with zero attached hydrogens (tertiary/aromatic N) is 1. The molecular weight excluding hydrogens is 353 g/mol. The van der Waals surface area contributed by atoms with Crippen molar-refractivity contribution >= 4 is 29.9 Å². The summed E-state index contributed by atoms with van der Waals surface area (Å²) in [6.07, 6.45) is 2.31. The molecule has 0 bridgehead atoms. The highest BCUT2D eigenvalue weighted by molar-refractivity contribution is 14.0. The van der Waals surface area contributed by atoms with Crippen molar-refractivity contribution in [3.63, 3.8) is 0 Å². The van der Waals surface area contributed by atoms with Gasteiger partial charge in [-0.05, 0) is 12.0 Å². The summed E-state index contributed by atoms with van der Waals surface area (Å²) in [6, 6.07) is 9.88. The number of hydrogen-bond donors (Lipinski definition) is 3. The molecule has 0 spiro atoms. The SMILES string of the molecule is CCCCNC(N)=NCC(O)Cc1ccccc1.I. The molecule has 0 aliphatic heterocycles. The number of hydrogen-bond acceptors (Lipinski definition) is 2. The highest BCUT2D eigenvalue weighted by atomic mass is 127. The number of nitrogens with one attached hydrogen (secondary N) is 1. The van der Waals surface area contributed by atoms with Crippen LogP contribution in [0.2, 0.25) is 0 Å². The smallest absolute Gasteiger partial charge is 0.188 e. The number of aliphatic hydroxyl groups is 1. The number of benzene rings is 1. The van der Waals surface area contributed by atoms with Crippen molar-refractivity contribution in [3.05, 3.63) is 35.9 Å². The van der Waals surface area contributed by atoms with Crippen LogP contribution in [0.15, 0.2) is 35.3 Å². The molecule has 1 rings (SSSR count). The predicted molar refractivity (Wildman–Crippen MR) is 91.0 cm³/mol. The summed E-state index contributed by atoms with van der Waals surface area (Å²) in [4.78, 5) is 4.13. The minimum absolute atomic E-state index is 0. The molecule has 1 aromatic rings. The molecule has 4 N–H and O–H groups in total. The van der Waals surface area contributed by atoms with Gasteiger partial charge in [-0.1, -0.05) is 43.7 Å². The Morgan fingerprint density at radius 3 is 2.68 bits per heavy atom. The van der Waals surface area contributed by atoms with E-state index in [2.05, 4.69) is 17.2 Å². The average molecular weight is 377 g/mol. The molecule has 0 saturated carbocycles. The first-order chi connectivity index (χ1) is 8.72. The molecule has 0 fully saturated rings. The van der Waals surface area contributed by atoms with Crippen molar-refractivity contribution in [2.45, 2.75) is 32.3 Å². The van der Waals surface area contributed by atoms with Crippen molar-refractivity contribution in [2.75, 3.05) is 13.1 Å². The number of halogens is 1. The minimum atomic E-state index is -0.487. The van der Waals surface area contributed by atoms with Gasteiger partial charge in [0.05, 0.1) is 12.6 Å². The lowest BCUT2D eigenvalue weighted by atomic mass is 10.1. The number of aliphatic imine (C=N–C) groups is 1. The third kappa shape index (κ3) is 8.83. The van der Waals surface area contributed by atoms with Gasteiger partial charge >= 0.3 is 0 Å². The Kier molecular flexibility index (Phi) is 10.6. The van der Waals surface area contributed by atoms with Crippen molar-refractivity contribution in [2.24, 2.45) is 10.7 Å². The summed E-state index contributed by atoms with van der Waals surface area (Å²) in [5.41, 5.74) is 6.79. The van der Waals surface area contributed by atoms with E-state index in [0.29, 0.717) is 18.9 Å². The van der Waals surface area contributed by atoms with E-state index < -0.39 is 6.10 Å². The van der Waals surface area contributed by atoms with Gasteiger partial charge in [-0.15, -0.1) is 24.0 Å². The molecule has 19 heavy (non-hydrogen) atoms. The molecule has 0 amide bonds. The van der Waals surface area contributed by atoms with Crippen LogP contribution in [0.4, 0.5) is 0 Å². The van der Waals surface area contributed by atoms with E-state index >= 15 is 0 Å². The van der Waals surface area contributed by atoms with Gasteiger partial charge in [0.2, 0.25) is 0 Å². The molecule has 1 atom stereocenters. The normalized spacial score (nSPS) is 12.6. The minimum Gasteiger partial charge on any atom is -0.391 e. The maximum absolute atomic E-state index is 9.83. The Labute approximate surface area is 132 Å². The van der Waals surface area contributed by atoms with Crippen LogP contribution in [0.1, 0.15) is 25.3 Å². The average Bonchev–Trinajstić information content (AvgIpc) is 2.38. The lowest BCUT2D eigenvalue weighted by molar-refractivity contribution is 0.184. The zero-order valence-corrected chi connectivity index (χ0v) is 13.7. The highest BCUT2D eigenvalue weighted by Gasteiger charge is 2.04. The number of nitrogens with two attached hydrogens (primary N) is 1. The molecule has 0 aromatic heterocycles. The maximum Gasteiger partial charge on any atom is 0.188 e. The molecule has 0 heterocycles. The van der Waals surface area contributed by atoms with Crippen LogP contribution >= 0.6 is 24.0 Å². The zero-order chi connectivity index (χ0) is 13.2. The molecule has 0 radical (unpaired) electrons. The van der Waals surface area contributed by atoms with Crippen molar-refractivity contribution in [3.8, 4) is 0 Å². The van der Waals surface area contributed by atoms with Gasteiger partial charge in [-0.25, -0.2) is 0 Å². The third-order valence-corrected chi connectivity index (χ3v) is 2.62.